The maximum Gasteiger partial charge on any atom is 0.427 e. The average Bonchev–Trinajstić information content (AvgIpc) is 3.18. The summed E-state index contributed by atoms with van der Waals surface area (Å²) in [6, 6.07) is 9.06. The van der Waals surface area contributed by atoms with Gasteiger partial charge in [0.25, 0.3) is 0 Å². The third-order valence-corrected chi connectivity index (χ3v) is 5.72. The molecule has 0 bridgehead atoms. The van der Waals surface area contributed by atoms with E-state index in [1.165, 1.54) is 0 Å². The molecular weight excluding hydrogens is 453 g/mol. The molecule has 0 saturated carbocycles. The van der Waals surface area contributed by atoms with Crippen molar-refractivity contribution in [3.63, 3.8) is 0 Å². The molecule has 1 N–H and O–H groups in total. The van der Waals surface area contributed by atoms with Crippen LogP contribution in [0.4, 0.5) is 22.0 Å². The molecule has 4 nitrogen and oxygen atoms in total. The van der Waals surface area contributed by atoms with Crippen molar-refractivity contribution in [2.75, 3.05) is 0 Å². The molecule has 0 aliphatic rings. The molecule has 10 heteroatoms. The van der Waals surface area contributed by atoms with Crippen LogP contribution in [0.3, 0.4) is 0 Å². The second-order valence-corrected chi connectivity index (χ2v) is 7.69. The first-order valence-electron chi connectivity index (χ1n) is 9.58. The normalized spacial score (nSPS) is 11.6. The van der Waals surface area contributed by atoms with Crippen LogP contribution < -0.4 is 4.74 Å². The van der Waals surface area contributed by atoms with Gasteiger partial charge >= 0.3 is 12.1 Å². The van der Waals surface area contributed by atoms with E-state index in [2.05, 4.69) is 4.37 Å². The minimum Gasteiger partial charge on any atom is -0.486 e. The standard InChI is InChI=1S/C22H18F5NO3S/c1-2-12-3-5-14(6-4-12)20-15(21(32-28-20)22(25,26)27)11-31-16-9-7-13(8-10-17(29)30)18(23)19(16)24/h3-7,9H,2,8,10-11H2,1H3,(H,29,30). The third-order valence-electron chi connectivity index (χ3n) is 4.79. The van der Waals surface area contributed by atoms with E-state index in [1.54, 1.807) is 24.3 Å². The molecule has 1 aromatic heterocycles. The Kier molecular flexibility index (Phi) is 7.12. The summed E-state index contributed by atoms with van der Waals surface area (Å²) in [5.41, 5.74) is 1.06. The Morgan fingerprint density at radius 3 is 2.38 bits per heavy atom. The lowest BCUT2D eigenvalue weighted by Crippen LogP contribution is -2.09. The molecule has 3 aromatic rings. The predicted molar refractivity (Wildman–Crippen MR) is 109 cm³/mol. The van der Waals surface area contributed by atoms with Gasteiger partial charge < -0.3 is 9.84 Å². The summed E-state index contributed by atoms with van der Waals surface area (Å²) in [5, 5.41) is 8.68. The van der Waals surface area contributed by atoms with Gasteiger partial charge in [0, 0.05) is 17.5 Å². The Morgan fingerprint density at radius 1 is 1.09 bits per heavy atom. The Labute approximate surface area is 184 Å². The van der Waals surface area contributed by atoms with Crippen LogP contribution in [0.1, 0.15) is 34.9 Å². The topological polar surface area (TPSA) is 59.4 Å². The van der Waals surface area contributed by atoms with Gasteiger partial charge in [-0.25, -0.2) is 4.39 Å². The molecule has 170 valence electrons. The quantitative estimate of drug-likeness (QED) is 0.394. The largest absolute Gasteiger partial charge is 0.486 e. The van der Waals surface area contributed by atoms with Gasteiger partial charge in [-0.3, -0.25) is 4.79 Å². The Bertz CT molecular complexity index is 1110. The number of nitrogens with zero attached hydrogens (tertiary/aromatic N) is 1. The third kappa shape index (κ3) is 5.24. The van der Waals surface area contributed by atoms with Crippen LogP contribution in [0.15, 0.2) is 36.4 Å². The second-order valence-electron chi connectivity index (χ2n) is 6.92. The molecule has 0 spiro atoms. The minimum absolute atomic E-state index is 0.0592. The number of rotatable bonds is 8. The molecule has 0 amide bonds. The molecule has 0 aliphatic carbocycles. The van der Waals surface area contributed by atoms with Crippen molar-refractivity contribution in [3.05, 3.63) is 69.6 Å². The van der Waals surface area contributed by atoms with Crippen molar-refractivity contribution in [1.82, 2.24) is 4.37 Å². The number of halogens is 5. The Morgan fingerprint density at radius 2 is 1.78 bits per heavy atom. The molecule has 0 fully saturated rings. The molecule has 3 rings (SSSR count). The van der Waals surface area contributed by atoms with Gasteiger partial charge in [0.1, 0.15) is 11.5 Å². The number of hydrogen-bond acceptors (Lipinski definition) is 4. The van der Waals surface area contributed by atoms with E-state index in [0.717, 1.165) is 24.1 Å². The van der Waals surface area contributed by atoms with Crippen LogP contribution in [0.5, 0.6) is 5.75 Å². The summed E-state index contributed by atoms with van der Waals surface area (Å²) >= 11 is 0.264. The fraction of sp³-hybridized carbons (Fsp3) is 0.273. The van der Waals surface area contributed by atoms with Gasteiger partial charge in [-0.1, -0.05) is 37.3 Å². The van der Waals surface area contributed by atoms with Gasteiger partial charge in [0.15, 0.2) is 11.6 Å². The summed E-state index contributed by atoms with van der Waals surface area (Å²) < 4.78 is 78.3. The molecule has 0 atom stereocenters. The van der Waals surface area contributed by atoms with Crippen molar-refractivity contribution < 1.29 is 36.6 Å². The van der Waals surface area contributed by atoms with E-state index in [0.29, 0.717) is 5.56 Å². The fourth-order valence-electron chi connectivity index (χ4n) is 3.06. The average molecular weight is 471 g/mol. The lowest BCUT2D eigenvalue weighted by atomic mass is 10.0. The van der Waals surface area contributed by atoms with Crippen LogP contribution in [-0.4, -0.2) is 15.4 Å². The number of carboxylic acid groups (broad SMARTS) is 1. The first kappa shape index (κ1) is 23.6. The van der Waals surface area contributed by atoms with Crippen molar-refractivity contribution in [2.24, 2.45) is 0 Å². The number of benzene rings is 2. The lowest BCUT2D eigenvalue weighted by Gasteiger charge is -2.13. The summed E-state index contributed by atoms with van der Waals surface area (Å²) in [6.07, 6.45) is -4.56. The summed E-state index contributed by atoms with van der Waals surface area (Å²) in [6.45, 7) is 1.26. The number of carboxylic acids is 1. The molecular formula is C22H18F5NO3S. The van der Waals surface area contributed by atoms with Gasteiger partial charge in [-0.2, -0.15) is 21.9 Å². The molecule has 0 unspecified atom stereocenters. The zero-order chi connectivity index (χ0) is 23.5. The van der Waals surface area contributed by atoms with Crippen molar-refractivity contribution >= 4 is 17.5 Å². The van der Waals surface area contributed by atoms with Crippen molar-refractivity contribution in [2.45, 2.75) is 39.0 Å². The molecule has 1 heterocycles. The number of aromatic nitrogens is 1. The van der Waals surface area contributed by atoms with Crippen molar-refractivity contribution in [3.8, 4) is 17.0 Å². The number of ether oxygens (including phenoxy) is 1. The number of aryl methyl sites for hydroxylation is 2. The van der Waals surface area contributed by atoms with Crippen LogP contribution >= 0.6 is 11.5 Å². The van der Waals surface area contributed by atoms with E-state index in [1.807, 2.05) is 6.92 Å². The maximum atomic E-state index is 14.4. The summed E-state index contributed by atoms with van der Waals surface area (Å²) in [4.78, 5) is 9.65. The highest BCUT2D eigenvalue weighted by Crippen LogP contribution is 2.40. The number of aliphatic carboxylic acids is 1. The van der Waals surface area contributed by atoms with Crippen LogP contribution in [0, 0.1) is 11.6 Å². The number of carbonyl (C=O) groups is 1. The first-order chi connectivity index (χ1) is 15.1. The van der Waals surface area contributed by atoms with Crippen LogP contribution in [0.2, 0.25) is 0 Å². The zero-order valence-corrected chi connectivity index (χ0v) is 17.6. The van der Waals surface area contributed by atoms with Crippen molar-refractivity contribution in [1.29, 1.82) is 0 Å². The van der Waals surface area contributed by atoms with E-state index in [4.69, 9.17) is 9.84 Å². The Hall–Kier alpha value is -3.01. The van der Waals surface area contributed by atoms with Gasteiger partial charge in [-0.05, 0) is 41.6 Å². The highest BCUT2D eigenvalue weighted by atomic mass is 32.1. The number of hydrogen-bond donors (Lipinski definition) is 1. The highest BCUT2D eigenvalue weighted by molar-refractivity contribution is 7.06. The molecule has 0 aliphatic heterocycles. The molecule has 0 saturated heterocycles. The fourth-order valence-corrected chi connectivity index (χ4v) is 3.83. The van der Waals surface area contributed by atoms with E-state index in [9.17, 15) is 26.7 Å². The van der Waals surface area contributed by atoms with Crippen LogP contribution in [0.25, 0.3) is 11.3 Å². The Balaban J connectivity index is 1.90. The second kappa shape index (κ2) is 9.64. The predicted octanol–water partition coefficient (Wildman–Crippen LogP) is 6.27. The summed E-state index contributed by atoms with van der Waals surface area (Å²) in [5.74, 6) is -4.43. The number of alkyl halides is 3. The van der Waals surface area contributed by atoms with Gasteiger partial charge in [0.2, 0.25) is 5.82 Å². The lowest BCUT2D eigenvalue weighted by molar-refractivity contribution is -0.137. The SMILES string of the molecule is CCc1ccc(-c2nsc(C(F)(F)F)c2COc2ccc(CCC(=O)O)c(F)c2F)cc1. The maximum absolute atomic E-state index is 14.4. The molecule has 32 heavy (non-hydrogen) atoms. The van der Waals surface area contributed by atoms with E-state index >= 15 is 0 Å². The summed E-state index contributed by atoms with van der Waals surface area (Å²) in [7, 11) is 0. The van der Waals surface area contributed by atoms with Gasteiger partial charge in [-0.15, -0.1) is 0 Å². The van der Waals surface area contributed by atoms with E-state index in [-0.39, 0.29) is 34.8 Å². The monoisotopic (exact) mass is 471 g/mol. The van der Waals surface area contributed by atoms with Gasteiger partial charge in [0.05, 0.1) is 5.69 Å². The zero-order valence-electron chi connectivity index (χ0n) is 16.8. The highest BCUT2D eigenvalue weighted by Gasteiger charge is 2.38. The first-order valence-corrected chi connectivity index (χ1v) is 10.4. The molecule has 2 aromatic carbocycles. The van der Waals surface area contributed by atoms with Crippen LogP contribution in [-0.2, 0) is 30.4 Å². The minimum atomic E-state index is -4.69. The van der Waals surface area contributed by atoms with E-state index < -0.39 is 47.4 Å². The molecule has 0 radical (unpaired) electrons. The smallest absolute Gasteiger partial charge is 0.427 e.